The van der Waals surface area contributed by atoms with Crippen molar-refractivity contribution in [3.05, 3.63) is 35.9 Å². The van der Waals surface area contributed by atoms with E-state index < -0.39 is 7.82 Å². The fourth-order valence-electron chi connectivity index (χ4n) is 1.24. The summed E-state index contributed by atoms with van der Waals surface area (Å²) in [5, 5.41) is 3.21. The molecule has 0 bridgehead atoms. The van der Waals surface area contributed by atoms with E-state index in [9.17, 15) is 4.57 Å². The van der Waals surface area contributed by atoms with Gasteiger partial charge in [-0.25, -0.2) is 4.57 Å². The van der Waals surface area contributed by atoms with Gasteiger partial charge in [-0.15, -0.1) is 0 Å². The first-order valence-electron chi connectivity index (χ1n) is 5.80. The lowest BCUT2D eigenvalue weighted by molar-refractivity contribution is 0.206. The summed E-state index contributed by atoms with van der Waals surface area (Å²) < 4.78 is 13.6. The van der Waals surface area contributed by atoms with E-state index in [4.69, 9.17) is 9.79 Å². The van der Waals surface area contributed by atoms with Gasteiger partial charge in [0, 0.05) is 6.04 Å². The van der Waals surface area contributed by atoms with Gasteiger partial charge in [0.1, 0.15) is 0 Å². The van der Waals surface area contributed by atoms with Gasteiger partial charge >= 0.3 is 7.82 Å². The van der Waals surface area contributed by atoms with Crippen molar-refractivity contribution >= 4 is 7.82 Å². The van der Waals surface area contributed by atoms with Crippen molar-refractivity contribution in [1.82, 2.24) is 5.32 Å². The van der Waals surface area contributed by atoms with Crippen molar-refractivity contribution < 1.29 is 18.9 Å². The van der Waals surface area contributed by atoms with Crippen molar-refractivity contribution in [2.45, 2.75) is 26.3 Å². The summed E-state index contributed by atoms with van der Waals surface area (Å²) in [6.45, 7) is 3.75. The molecular weight excluding hydrogens is 253 g/mol. The van der Waals surface area contributed by atoms with Crippen LogP contribution in [0.4, 0.5) is 0 Å². The maximum Gasteiger partial charge on any atom is 0.469 e. The molecule has 0 radical (unpaired) electrons. The summed E-state index contributed by atoms with van der Waals surface area (Å²) >= 11 is 0. The molecule has 0 saturated carbocycles. The van der Waals surface area contributed by atoms with Crippen molar-refractivity contribution in [3.8, 4) is 0 Å². The minimum absolute atomic E-state index is 0.0459. The van der Waals surface area contributed by atoms with E-state index >= 15 is 0 Å². The third-order valence-corrected chi connectivity index (χ3v) is 2.77. The summed E-state index contributed by atoms with van der Waals surface area (Å²) in [7, 11) is -2.17. The van der Waals surface area contributed by atoms with Crippen LogP contribution in [0.3, 0.4) is 0 Å². The Morgan fingerprint density at radius 3 is 2.22 bits per heavy atom. The van der Waals surface area contributed by atoms with E-state index in [0.29, 0.717) is 6.04 Å². The molecule has 0 fully saturated rings. The zero-order chi connectivity index (χ0) is 14.0. The number of phosphoric acid groups is 1. The first-order valence-corrected chi connectivity index (χ1v) is 7.33. The number of benzene rings is 1. The predicted molar refractivity (Wildman–Crippen MR) is 72.3 cm³/mol. The van der Waals surface area contributed by atoms with Crippen LogP contribution in [0.1, 0.15) is 19.4 Å². The predicted octanol–water partition coefficient (Wildman–Crippen LogP) is 1.95. The van der Waals surface area contributed by atoms with E-state index in [1.165, 1.54) is 12.5 Å². The Bertz CT molecular complexity index is 352. The lowest BCUT2D eigenvalue weighted by Crippen LogP contribution is -2.23. The number of hydrogen-bond acceptors (Lipinski definition) is 3. The molecular formula is C12H22NO4P. The van der Waals surface area contributed by atoms with Crippen LogP contribution < -0.4 is 5.32 Å². The highest BCUT2D eigenvalue weighted by Crippen LogP contribution is 2.34. The Kier molecular flexibility index (Phi) is 8.89. The average Bonchev–Trinajstić information content (AvgIpc) is 2.29. The summed E-state index contributed by atoms with van der Waals surface area (Å²) in [4.78, 5) is 15.8. The molecule has 6 heteroatoms. The van der Waals surface area contributed by atoms with Crippen LogP contribution in [-0.2, 0) is 15.5 Å². The molecule has 0 saturated heterocycles. The highest BCUT2D eigenvalue weighted by Gasteiger charge is 2.10. The summed E-state index contributed by atoms with van der Waals surface area (Å²) in [6, 6.07) is 11.1. The first-order chi connectivity index (χ1) is 8.39. The Labute approximate surface area is 108 Å². The summed E-state index contributed by atoms with van der Waals surface area (Å²) in [5.74, 6) is 0. The second-order valence-electron chi connectivity index (χ2n) is 3.79. The molecule has 5 nitrogen and oxygen atoms in total. The van der Waals surface area contributed by atoms with E-state index in [0.717, 1.165) is 6.42 Å². The monoisotopic (exact) mass is 275 g/mol. The molecule has 1 rings (SSSR count). The SMILES string of the molecule is CCOP(=O)(O)O.CN[C@@H](C)Cc1ccccc1. The van der Waals surface area contributed by atoms with Gasteiger partial charge in [-0.05, 0) is 32.9 Å². The lowest BCUT2D eigenvalue weighted by Gasteiger charge is -2.08. The smallest absolute Gasteiger partial charge is 0.317 e. The molecule has 0 aromatic heterocycles. The molecule has 18 heavy (non-hydrogen) atoms. The molecule has 0 amide bonds. The largest absolute Gasteiger partial charge is 0.469 e. The second kappa shape index (κ2) is 9.25. The normalized spacial score (nSPS) is 12.5. The highest BCUT2D eigenvalue weighted by molar-refractivity contribution is 7.46. The van der Waals surface area contributed by atoms with Gasteiger partial charge in [0.05, 0.1) is 6.61 Å². The van der Waals surface area contributed by atoms with Gasteiger partial charge in [0.15, 0.2) is 0 Å². The zero-order valence-corrected chi connectivity index (χ0v) is 11.9. The molecule has 0 aliphatic carbocycles. The average molecular weight is 275 g/mol. The minimum Gasteiger partial charge on any atom is -0.317 e. The molecule has 1 aromatic rings. The Morgan fingerprint density at radius 1 is 1.33 bits per heavy atom. The minimum atomic E-state index is -4.17. The van der Waals surface area contributed by atoms with E-state index in [2.05, 4.69) is 41.0 Å². The molecule has 0 spiro atoms. The van der Waals surface area contributed by atoms with Crippen LogP contribution >= 0.6 is 7.82 Å². The van der Waals surface area contributed by atoms with Crippen molar-refractivity contribution in [2.24, 2.45) is 0 Å². The van der Waals surface area contributed by atoms with Crippen molar-refractivity contribution in [2.75, 3.05) is 13.7 Å². The van der Waals surface area contributed by atoms with Crippen LogP contribution in [-0.4, -0.2) is 29.5 Å². The van der Waals surface area contributed by atoms with Gasteiger partial charge in [-0.1, -0.05) is 30.3 Å². The fraction of sp³-hybridized carbons (Fsp3) is 0.500. The van der Waals surface area contributed by atoms with Crippen LogP contribution in [0.2, 0.25) is 0 Å². The third kappa shape index (κ3) is 10.4. The number of phosphoric ester groups is 1. The van der Waals surface area contributed by atoms with Gasteiger partial charge in [-0.2, -0.15) is 0 Å². The number of rotatable bonds is 5. The van der Waals surface area contributed by atoms with E-state index in [-0.39, 0.29) is 6.61 Å². The molecule has 1 aromatic carbocycles. The van der Waals surface area contributed by atoms with Crippen molar-refractivity contribution in [3.63, 3.8) is 0 Å². The molecule has 0 aliphatic heterocycles. The fourth-order valence-corrected chi connectivity index (χ4v) is 1.57. The summed E-state index contributed by atoms with van der Waals surface area (Å²) in [6.07, 6.45) is 1.11. The molecule has 0 unspecified atom stereocenters. The molecule has 104 valence electrons. The summed E-state index contributed by atoms with van der Waals surface area (Å²) in [5.41, 5.74) is 1.40. The van der Waals surface area contributed by atoms with Gasteiger partial charge in [-0.3, -0.25) is 4.52 Å². The lowest BCUT2D eigenvalue weighted by atomic mass is 10.1. The van der Waals surface area contributed by atoms with Gasteiger partial charge < -0.3 is 15.1 Å². The maximum absolute atomic E-state index is 9.70. The highest BCUT2D eigenvalue weighted by atomic mass is 31.2. The van der Waals surface area contributed by atoms with Crippen LogP contribution in [0.15, 0.2) is 30.3 Å². The quantitative estimate of drug-likeness (QED) is 0.716. The molecule has 0 heterocycles. The Hall–Kier alpha value is -0.710. The molecule has 1 atom stereocenters. The van der Waals surface area contributed by atoms with Gasteiger partial charge in [0.25, 0.3) is 0 Å². The number of hydrogen-bond donors (Lipinski definition) is 3. The molecule has 3 N–H and O–H groups in total. The van der Waals surface area contributed by atoms with Crippen LogP contribution in [0, 0.1) is 0 Å². The first kappa shape index (κ1) is 17.3. The Balaban J connectivity index is 0.000000360. The van der Waals surface area contributed by atoms with Gasteiger partial charge in [0.2, 0.25) is 0 Å². The second-order valence-corrected chi connectivity index (χ2v) is 5.03. The zero-order valence-electron chi connectivity index (χ0n) is 11.0. The standard InChI is InChI=1S/C10H15N.C2H7O4P/c1-9(11-2)8-10-6-4-3-5-7-10;1-2-6-7(3,4)5/h3-7,9,11H,8H2,1-2H3;2H2,1H3,(H2,3,4,5)/t9-;/m0./s1. The number of nitrogens with one attached hydrogen (secondary N) is 1. The third-order valence-electron chi connectivity index (χ3n) is 2.17. The molecule has 0 aliphatic rings. The van der Waals surface area contributed by atoms with Crippen LogP contribution in [0.5, 0.6) is 0 Å². The van der Waals surface area contributed by atoms with Crippen molar-refractivity contribution in [1.29, 1.82) is 0 Å². The Morgan fingerprint density at radius 2 is 1.89 bits per heavy atom. The maximum atomic E-state index is 9.70. The number of likely N-dealkylation sites (N-methyl/N-ethyl adjacent to an activating group) is 1. The van der Waals surface area contributed by atoms with E-state index in [1.807, 2.05) is 13.1 Å². The van der Waals surface area contributed by atoms with Crippen LogP contribution in [0.25, 0.3) is 0 Å². The van der Waals surface area contributed by atoms with E-state index in [1.54, 1.807) is 0 Å². The topological polar surface area (TPSA) is 78.8 Å².